The number of fused-ring (bicyclic) bond motifs is 2. The molecule has 0 radical (unpaired) electrons. The van der Waals surface area contributed by atoms with Crippen LogP contribution >= 0.6 is 15.9 Å². The topological polar surface area (TPSA) is 37.4 Å². The number of hydrogen-bond acceptors (Lipinski definition) is 4. The molecular formula is C12H16BrN3O. The normalized spacial score (nSPS) is 33.6. The maximum atomic E-state index is 6.25. The Morgan fingerprint density at radius 1 is 1.59 bits per heavy atom. The van der Waals surface area contributed by atoms with E-state index >= 15 is 0 Å². The summed E-state index contributed by atoms with van der Waals surface area (Å²) in [6, 6.07) is 4.08. The molecule has 0 aliphatic carbocycles. The van der Waals surface area contributed by atoms with Crippen molar-refractivity contribution in [3.8, 4) is 0 Å². The first-order valence-electron chi connectivity index (χ1n) is 5.87. The number of likely N-dealkylation sites (N-methyl/N-ethyl adjacent to an activating group) is 1. The van der Waals surface area contributed by atoms with Crippen molar-refractivity contribution in [3.63, 3.8) is 0 Å². The maximum absolute atomic E-state index is 6.25. The summed E-state index contributed by atoms with van der Waals surface area (Å²) < 4.78 is 7.11. The van der Waals surface area contributed by atoms with Gasteiger partial charge < -0.3 is 15.0 Å². The van der Waals surface area contributed by atoms with Gasteiger partial charge in [0.1, 0.15) is 10.2 Å². The van der Waals surface area contributed by atoms with E-state index in [2.05, 4.69) is 44.2 Å². The van der Waals surface area contributed by atoms with E-state index in [1.807, 2.05) is 12.3 Å². The van der Waals surface area contributed by atoms with Gasteiger partial charge >= 0.3 is 0 Å². The van der Waals surface area contributed by atoms with Gasteiger partial charge in [-0.15, -0.1) is 0 Å². The summed E-state index contributed by atoms with van der Waals surface area (Å²) in [5, 5.41) is 3.47. The zero-order chi connectivity index (χ0) is 11.9. The van der Waals surface area contributed by atoms with Crippen molar-refractivity contribution in [1.29, 1.82) is 0 Å². The second kappa shape index (κ2) is 4.31. The van der Waals surface area contributed by atoms with Crippen molar-refractivity contribution in [3.05, 3.63) is 28.5 Å². The van der Waals surface area contributed by atoms with Gasteiger partial charge in [0.25, 0.3) is 0 Å². The fourth-order valence-corrected chi connectivity index (χ4v) is 3.02. The van der Waals surface area contributed by atoms with E-state index in [-0.39, 0.29) is 11.7 Å². The number of nitrogens with zero attached hydrogens (tertiary/aromatic N) is 2. The lowest BCUT2D eigenvalue weighted by Crippen LogP contribution is -2.63. The summed E-state index contributed by atoms with van der Waals surface area (Å²) in [6.07, 6.45) is 2.19. The standard InChI is InChI=1S/C12H16BrN3O/c1-16-6-10-5-14-7-12(8-16,17-10)9-2-3-11(13)15-4-9/h2-4,10,14H,5-8H2,1H3. The van der Waals surface area contributed by atoms with Crippen LogP contribution in [0.4, 0.5) is 0 Å². The third kappa shape index (κ3) is 2.12. The van der Waals surface area contributed by atoms with Gasteiger partial charge in [-0.25, -0.2) is 4.98 Å². The Balaban J connectivity index is 1.95. The van der Waals surface area contributed by atoms with Crippen LogP contribution in [0, 0.1) is 0 Å². The molecule has 1 aromatic rings. The Labute approximate surface area is 109 Å². The van der Waals surface area contributed by atoms with Crippen molar-refractivity contribution < 1.29 is 4.74 Å². The first kappa shape index (κ1) is 11.6. The highest BCUT2D eigenvalue weighted by Crippen LogP contribution is 2.33. The van der Waals surface area contributed by atoms with Crippen LogP contribution in [-0.2, 0) is 10.3 Å². The molecule has 1 aromatic heterocycles. The van der Waals surface area contributed by atoms with Gasteiger partial charge in [0.05, 0.1) is 6.10 Å². The zero-order valence-electron chi connectivity index (χ0n) is 9.82. The monoisotopic (exact) mass is 297 g/mol. The van der Waals surface area contributed by atoms with Crippen LogP contribution in [0.1, 0.15) is 5.56 Å². The molecule has 3 heterocycles. The summed E-state index contributed by atoms with van der Waals surface area (Å²) in [7, 11) is 2.15. The highest BCUT2D eigenvalue weighted by atomic mass is 79.9. The highest BCUT2D eigenvalue weighted by molar-refractivity contribution is 9.10. The number of morpholine rings is 2. The summed E-state index contributed by atoms with van der Waals surface area (Å²) in [5.74, 6) is 0. The number of halogens is 1. The van der Waals surface area contributed by atoms with Crippen molar-refractivity contribution in [2.24, 2.45) is 0 Å². The van der Waals surface area contributed by atoms with E-state index in [1.54, 1.807) is 0 Å². The lowest BCUT2D eigenvalue weighted by molar-refractivity contribution is -0.173. The van der Waals surface area contributed by atoms with Gasteiger partial charge in [0, 0.05) is 37.9 Å². The van der Waals surface area contributed by atoms with Gasteiger partial charge in [0.2, 0.25) is 0 Å². The molecule has 92 valence electrons. The van der Waals surface area contributed by atoms with Crippen LogP contribution in [-0.4, -0.2) is 49.2 Å². The van der Waals surface area contributed by atoms with Crippen LogP contribution in [0.3, 0.4) is 0 Å². The predicted octanol–water partition coefficient (Wildman–Crippen LogP) is 0.973. The second-order valence-electron chi connectivity index (χ2n) is 4.93. The molecule has 0 saturated carbocycles. The summed E-state index contributed by atoms with van der Waals surface area (Å²) in [4.78, 5) is 6.66. The zero-order valence-corrected chi connectivity index (χ0v) is 11.4. The molecule has 2 fully saturated rings. The molecule has 3 rings (SSSR count). The molecule has 1 N–H and O–H groups in total. The fourth-order valence-electron chi connectivity index (χ4n) is 2.79. The number of nitrogens with one attached hydrogen (secondary N) is 1. The number of ether oxygens (including phenoxy) is 1. The van der Waals surface area contributed by atoms with E-state index in [0.29, 0.717) is 0 Å². The average molecular weight is 298 g/mol. The molecule has 2 aliphatic rings. The second-order valence-corrected chi connectivity index (χ2v) is 5.74. The number of pyridine rings is 1. The van der Waals surface area contributed by atoms with Crippen LogP contribution in [0.25, 0.3) is 0 Å². The van der Waals surface area contributed by atoms with E-state index in [1.165, 1.54) is 0 Å². The van der Waals surface area contributed by atoms with E-state index in [0.717, 1.165) is 36.3 Å². The van der Waals surface area contributed by atoms with Gasteiger partial charge in [-0.05, 0) is 29.0 Å². The Morgan fingerprint density at radius 2 is 2.47 bits per heavy atom. The number of aromatic nitrogens is 1. The Bertz CT molecular complexity index is 407. The minimum atomic E-state index is -0.233. The van der Waals surface area contributed by atoms with Crippen molar-refractivity contribution in [1.82, 2.24) is 15.2 Å². The number of hydrogen-bond donors (Lipinski definition) is 1. The molecule has 5 heteroatoms. The molecule has 0 aromatic carbocycles. The van der Waals surface area contributed by atoms with Crippen LogP contribution in [0.2, 0.25) is 0 Å². The molecule has 4 nitrogen and oxygen atoms in total. The van der Waals surface area contributed by atoms with Crippen molar-refractivity contribution >= 4 is 15.9 Å². The van der Waals surface area contributed by atoms with E-state index in [4.69, 9.17) is 4.74 Å². The van der Waals surface area contributed by atoms with Crippen molar-refractivity contribution in [2.45, 2.75) is 11.7 Å². The minimum Gasteiger partial charge on any atom is -0.362 e. The largest absolute Gasteiger partial charge is 0.362 e. The maximum Gasteiger partial charge on any atom is 0.120 e. The Kier molecular flexibility index (Phi) is 2.94. The van der Waals surface area contributed by atoms with E-state index in [9.17, 15) is 0 Å². The molecule has 2 atom stereocenters. The quantitative estimate of drug-likeness (QED) is 0.784. The van der Waals surface area contributed by atoms with E-state index < -0.39 is 0 Å². The Hall–Kier alpha value is -0.490. The predicted molar refractivity (Wildman–Crippen MR) is 68.9 cm³/mol. The molecule has 0 spiro atoms. The summed E-state index contributed by atoms with van der Waals surface area (Å²) in [6.45, 7) is 3.71. The van der Waals surface area contributed by atoms with Gasteiger partial charge in [0.15, 0.2) is 0 Å². The highest BCUT2D eigenvalue weighted by Gasteiger charge is 2.43. The first-order valence-corrected chi connectivity index (χ1v) is 6.66. The van der Waals surface area contributed by atoms with Crippen molar-refractivity contribution in [2.75, 3.05) is 33.2 Å². The van der Waals surface area contributed by atoms with Gasteiger partial charge in [-0.1, -0.05) is 6.07 Å². The lowest BCUT2D eigenvalue weighted by Gasteiger charge is -2.49. The number of rotatable bonds is 1. The van der Waals surface area contributed by atoms with Gasteiger partial charge in [-0.3, -0.25) is 0 Å². The van der Waals surface area contributed by atoms with Crippen LogP contribution in [0.15, 0.2) is 22.9 Å². The summed E-state index contributed by atoms with van der Waals surface area (Å²) >= 11 is 3.37. The molecule has 2 saturated heterocycles. The lowest BCUT2D eigenvalue weighted by atomic mass is 9.90. The molecule has 2 aliphatic heterocycles. The smallest absolute Gasteiger partial charge is 0.120 e. The molecule has 2 bridgehead atoms. The first-order chi connectivity index (χ1) is 8.18. The van der Waals surface area contributed by atoms with Crippen LogP contribution in [0.5, 0.6) is 0 Å². The molecular weight excluding hydrogens is 282 g/mol. The molecule has 0 amide bonds. The fraction of sp³-hybridized carbons (Fsp3) is 0.583. The SMILES string of the molecule is CN1CC2CNCC(c3ccc(Br)nc3)(C1)O2. The molecule has 17 heavy (non-hydrogen) atoms. The Morgan fingerprint density at radius 3 is 3.24 bits per heavy atom. The third-order valence-corrected chi connectivity index (χ3v) is 3.94. The van der Waals surface area contributed by atoms with Crippen LogP contribution < -0.4 is 5.32 Å². The average Bonchev–Trinajstić information content (AvgIpc) is 2.28. The third-order valence-electron chi connectivity index (χ3n) is 3.47. The summed E-state index contributed by atoms with van der Waals surface area (Å²) in [5.41, 5.74) is 0.924. The molecule has 2 unspecified atom stereocenters. The minimum absolute atomic E-state index is 0.233. The van der Waals surface area contributed by atoms with Gasteiger partial charge in [-0.2, -0.15) is 0 Å².